The summed E-state index contributed by atoms with van der Waals surface area (Å²) < 4.78 is 30.7. The van der Waals surface area contributed by atoms with E-state index in [9.17, 15) is 8.42 Å². The van der Waals surface area contributed by atoms with Gasteiger partial charge in [-0.05, 0) is 31.9 Å². The van der Waals surface area contributed by atoms with E-state index in [0.29, 0.717) is 31.9 Å². The second kappa shape index (κ2) is 8.49. The quantitative estimate of drug-likeness (QED) is 0.519. The van der Waals surface area contributed by atoms with Gasteiger partial charge in [-0.25, -0.2) is 12.7 Å². The van der Waals surface area contributed by atoms with Crippen LogP contribution in [-0.2, 0) is 10.0 Å². The zero-order valence-electron chi connectivity index (χ0n) is 12.0. The van der Waals surface area contributed by atoms with Gasteiger partial charge >= 0.3 is 0 Å². The van der Waals surface area contributed by atoms with Crippen LogP contribution in [0.15, 0.2) is 24.3 Å². The molecule has 0 spiro atoms. The van der Waals surface area contributed by atoms with Gasteiger partial charge in [0.05, 0.1) is 5.75 Å². The van der Waals surface area contributed by atoms with Gasteiger partial charge in [-0.2, -0.15) is 0 Å². The second-order valence-electron chi connectivity index (χ2n) is 4.70. The Kier molecular flexibility index (Phi) is 7.34. The fraction of sp³-hybridized carbons (Fsp3) is 0.571. The Hall–Kier alpha value is -0.780. The van der Waals surface area contributed by atoms with Crippen molar-refractivity contribution in [1.29, 1.82) is 0 Å². The van der Waals surface area contributed by atoms with Crippen molar-refractivity contribution in [2.45, 2.75) is 19.8 Å². The number of benzene rings is 1. The van der Waals surface area contributed by atoms with Crippen LogP contribution in [0.4, 0.5) is 0 Å². The first-order chi connectivity index (χ1) is 9.45. The van der Waals surface area contributed by atoms with Crippen LogP contribution in [-0.4, -0.2) is 44.6 Å². The Bertz CT molecular complexity index is 488. The van der Waals surface area contributed by atoms with Crippen LogP contribution >= 0.6 is 11.6 Å². The third-order valence-corrected chi connectivity index (χ3v) is 5.16. The lowest BCUT2D eigenvalue weighted by molar-refractivity contribution is 0.287. The highest BCUT2D eigenvalue weighted by Gasteiger charge is 2.16. The second-order valence-corrected chi connectivity index (χ2v) is 7.27. The molecule has 1 rings (SSSR count). The van der Waals surface area contributed by atoms with E-state index in [1.807, 2.05) is 31.2 Å². The minimum absolute atomic E-state index is 0.140. The number of hydrogen-bond donors (Lipinski definition) is 0. The van der Waals surface area contributed by atoms with Gasteiger partial charge in [-0.1, -0.05) is 17.7 Å². The molecule has 0 saturated carbocycles. The molecule has 114 valence electrons. The van der Waals surface area contributed by atoms with Crippen molar-refractivity contribution in [2.75, 3.05) is 31.8 Å². The normalized spacial score (nSPS) is 11.8. The molecule has 0 N–H and O–H groups in total. The first-order valence-electron chi connectivity index (χ1n) is 6.65. The summed E-state index contributed by atoms with van der Waals surface area (Å²) in [6, 6.07) is 7.68. The summed E-state index contributed by atoms with van der Waals surface area (Å²) in [6.45, 7) is 2.69. The molecule has 0 bridgehead atoms. The van der Waals surface area contributed by atoms with Gasteiger partial charge in [0.2, 0.25) is 10.0 Å². The zero-order valence-corrected chi connectivity index (χ0v) is 13.6. The first kappa shape index (κ1) is 17.3. The number of aryl methyl sites for hydroxylation is 1. The number of alkyl halides is 1. The van der Waals surface area contributed by atoms with Crippen LogP contribution in [0, 0.1) is 6.92 Å². The van der Waals surface area contributed by atoms with E-state index in [0.717, 1.165) is 11.3 Å². The molecule has 0 fully saturated rings. The number of halogens is 1. The number of likely N-dealkylation sites (N-methyl/N-ethyl adjacent to an activating group) is 1. The average molecular weight is 320 g/mol. The SMILES string of the molecule is Cc1ccc(OCCN(C)S(=O)(=O)CCCCCl)cc1. The Labute approximate surface area is 126 Å². The van der Waals surface area contributed by atoms with Gasteiger partial charge in [0.25, 0.3) is 0 Å². The third kappa shape index (κ3) is 6.11. The number of ether oxygens (including phenoxy) is 1. The highest BCUT2D eigenvalue weighted by Crippen LogP contribution is 2.11. The molecule has 0 atom stereocenters. The largest absolute Gasteiger partial charge is 0.492 e. The zero-order chi connectivity index (χ0) is 15.0. The lowest BCUT2D eigenvalue weighted by atomic mass is 10.2. The monoisotopic (exact) mass is 319 g/mol. The van der Waals surface area contributed by atoms with E-state index in [2.05, 4.69) is 0 Å². The van der Waals surface area contributed by atoms with E-state index in [1.54, 1.807) is 7.05 Å². The molecule has 0 heterocycles. The van der Waals surface area contributed by atoms with E-state index < -0.39 is 10.0 Å². The topological polar surface area (TPSA) is 46.6 Å². The number of hydrogen-bond acceptors (Lipinski definition) is 3. The molecule has 20 heavy (non-hydrogen) atoms. The highest BCUT2D eigenvalue weighted by atomic mass is 35.5. The summed E-state index contributed by atoms with van der Waals surface area (Å²) >= 11 is 5.54. The van der Waals surface area contributed by atoms with Crippen LogP contribution in [0.1, 0.15) is 18.4 Å². The van der Waals surface area contributed by atoms with Crippen LogP contribution in [0.5, 0.6) is 5.75 Å². The molecule has 0 aliphatic carbocycles. The van der Waals surface area contributed by atoms with Gasteiger partial charge in [0, 0.05) is 19.5 Å². The molecule has 1 aromatic rings. The van der Waals surface area contributed by atoms with Gasteiger partial charge in [-0.3, -0.25) is 0 Å². The maximum atomic E-state index is 11.9. The highest BCUT2D eigenvalue weighted by molar-refractivity contribution is 7.89. The third-order valence-electron chi connectivity index (χ3n) is 2.96. The minimum Gasteiger partial charge on any atom is -0.492 e. The summed E-state index contributed by atoms with van der Waals surface area (Å²) in [6.07, 6.45) is 1.31. The molecule has 6 heteroatoms. The standard InChI is InChI=1S/C14H22ClNO3S/c1-13-5-7-14(8-6-13)19-11-10-16(2)20(17,18)12-4-3-9-15/h5-8H,3-4,9-12H2,1-2H3. The van der Waals surface area contributed by atoms with Crippen LogP contribution < -0.4 is 4.74 Å². The van der Waals surface area contributed by atoms with Crippen molar-refractivity contribution in [1.82, 2.24) is 4.31 Å². The molecular weight excluding hydrogens is 298 g/mol. The molecule has 0 saturated heterocycles. The van der Waals surface area contributed by atoms with Gasteiger partial charge in [0.1, 0.15) is 12.4 Å². The number of sulfonamides is 1. The van der Waals surface area contributed by atoms with Gasteiger partial charge < -0.3 is 4.74 Å². The Morgan fingerprint density at radius 2 is 1.85 bits per heavy atom. The Morgan fingerprint density at radius 3 is 2.45 bits per heavy atom. The predicted octanol–water partition coefficient (Wildman–Crippen LogP) is 2.65. The van der Waals surface area contributed by atoms with Crippen molar-refractivity contribution in [3.05, 3.63) is 29.8 Å². The molecule has 0 radical (unpaired) electrons. The van der Waals surface area contributed by atoms with Crippen molar-refractivity contribution in [3.8, 4) is 5.75 Å². The number of rotatable bonds is 9. The molecule has 0 aromatic heterocycles. The summed E-state index contributed by atoms with van der Waals surface area (Å²) in [4.78, 5) is 0. The lowest BCUT2D eigenvalue weighted by Gasteiger charge is -2.17. The summed E-state index contributed by atoms with van der Waals surface area (Å²) in [5, 5.41) is 0. The van der Waals surface area contributed by atoms with Crippen LogP contribution in [0.25, 0.3) is 0 Å². The summed E-state index contributed by atoms with van der Waals surface area (Å²) in [5.74, 6) is 1.39. The lowest BCUT2D eigenvalue weighted by Crippen LogP contribution is -2.32. The summed E-state index contributed by atoms with van der Waals surface area (Å²) in [5.41, 5.74) is 1.16. The van der Waals surface area contributed by atoms with Crippen LogP contribution in [0.3, 0.4) is 0 Å². The molecular formula is C14H22ClNO3S. The van der Waals surface area contributed by atoms with Crippen molar-refractivity contribution in [2.24, 2.45) is 0 Å². The molecule has 4 nitrogen and oxygen atoms in total. The first-order valence-corrected chi connectivity index (χ1v) is 8.79. The smallest absolute Gasteiger partial charge is 0.213 e. The Balaban J connectivity index is 2.35. The Morgan fingerprint density at radius 1 is 1.20 bits per heavy atom. The predicted molar refractivity (Wildman–Crippen MR) is 83.0 cm³/mol. The van der Waals surface area contributed by atoms with Crippen molar-refractivity contribution in [3.63, 3.8) is 0 Å². The molecule has 1 aromatic carbocycles. The molecule has 0 unspecified atom stereocenters. The maximum absolute atomic E-state index is 11.9. The molecule has 0 aliphatic rings. The summed E-state index contributed by atoms with van der Waals surface area (Å²) in [7, 11) is -1.62. The number of unbranched alkanes of at least 4 members (excludes halogenated alkanes) is 1. The van der Waals surface area contributed by atoms with Gasteiger partial charge in [0.15, 0.2) is 0 Å². The average Bonchev–Trinajstić information content (AvgIpc) is 2.41. The number of nitrogens with zero attached hydrogens (tertiary/aromatic N) is 1. The maximum Gasteiger partial charge on any atom is 0.213 e. The van der Waals surface area contributed by atoms with Crippen molar-refractivity contribution >= 4 is 21.6 Å². The van der Waals surface area contributed by atoms with E-state index in [1.165, 1.54) is 4.31 Å². The van der Waals surface area contributed by atoms with E-state index in [4.69, 9.17) is 16.3 Å². The molecule has 0 aliphatic heterocycles. The van der Waals surface area contributed by atoms with E-state index in [-0.39, 0.29) is 5.75 Å². The van der Waals surface area contributed by atoms with E-state index >= 15 is 0 Å². The molecule has 0 amide bonds. The fourth-order valence-corrected chi connectivity index (χ4v) is 3.02. The van der Waals surface area contributed by atoms with Crippen LogP contribution in [0.2, 0.25) is 0 Å². The minimum atomic E-state index is -3.20. The fourth-order valence-electron chi connectivity index (χ4n) is 1.60. The van der Waals surface area contributed by atoms with Crippen molar-refractivity contribution < 1.29 is 13.2 Å². The van der Waals surface area contributed by atoms with Gasteiger partial charge in [-0.15, -0.1) is 11.6 Å².